The van der Waals surface area contributed by atoms with E-state index in [9.17, 15) is 9.18 Å². The van der Waals surface area contributed by atoms with Gasteiger partial charge in [0.25, 0.3) is 5.67 Å². The standard InChI is InChI=1S/C12H10FNO2/c1-2-8-12(13)10(14-16-11(12)15)9-6-4-3-5-7-9/h2-7H,1,8H2/t12-/m1/s1. The quantitative estimate of drug-likeness (QED) is 0.577. The van der Waals surface area contributed by atoms with Crippen LogP contribution in [0, 0.1) is 0 Å². The fourth-order valence-electron chi connectivity index (χ4n) is 1.58. The molecule has 0 spiro atoms. The minimum absolute atomic E-state index is 0.0120. The predicted octanol–water partition coefficient (Wildman–Crippen LogP) is 2.23. The third-order valence-electron chi connectivity index (χ3n) is 2.39. The van der Waals surface area contributed by atoms with E-state index in [4.69, 9.17) is 0 Å². The van der Waals surface area contributed by atoms with Gasteiger partial charge in [-0.1, -0.05) is 41.6 Å². The van der Waals surface area contributed by atoms with E-state index in [1.165, 1.54) is 6.08 Å². The summed E-state index contributed by atoms with van der Waals surface area (Å²) in [5, 5.41) is 3.50. The van der Waals surface area contributed by atoms with Crippen molar-refractivity contribution in [3.05, 3.63) is 48.6 Å². The number of nitrogens with zero attached hydrogens (tertiary/aromatic N) is 1. The van der Waals surface area contributed by atoms with Crippen molar-refractivity contribution in [3.63, 3.8) is 0 Å². The van der Waals surface area contributed by atoms with Crippen molar-refractivity contribution in [1.29, 1.82) is 0 Å². The molecule has 0 unspecified atom stereocenters. The van der Waals surface area contributed by atoms with Gasteiger partial charge in [-0.3, -0.25) is 0 Å². The third-order valence-corrected chi connectivity index (χ3v) is 2.39. The lowest BCUT2D eigenvalue weighted by Gasteiger charge is -2.14. The van der Waals surface area contributed by atoms with Crippen molar-refractivity contribution < 1.29 is 14.0 Å². The fraction of sp³-hybridized carbons (Fsp3) is 0.167. The summed E-state index contributed by atoms with van der Waals surface area (Å²) in [6, 6.07) is 8.65. The fourth-order valence-corrected chi connectivity index (χ4v) is 1.58. The Morgan fingerprint density at radius 2 is 2.12 bits per heavy atom. The molecule has 3 nitrogen and oxygen atoms in total. The van der Waals surface area contributed by atoms with Crippen LogP contribution in [0.4, 0.5) is 4.39 Å². The Balaban J connectivity index is 2.42. The molecule has 0 amide bonds. The van der Waals surface area contributed by atoms with Gasteiger partial charge < -0.3 is 4.84 Å². The zero-order chi connectivity index (χ0) is 11.6. The molecule has 16 heavy (non-hydrogen) atoms. The average Bonchev–Trinajstić information content (AvgIpc) is 2.58. The number of hydrogen-bond donors (Lipinski definition) is 0. The number of benzene rings is 1. The van der Waals surface area contributed by atoms with Gasteiger partial charge in [0, 0.05) is 12.0 Å². The van der Waals surface area contributed by atoms with Gasteiger partial charge >= 0.3 is 5.97 Å². The van der Waals surface area contributed by atoms with E-state index in [1.54, 1.807) is 30.3 Å². The van der Waals surface area contributed by atoms with Crippen LogP contribution < -0.4 is 0 Å². The summed E-state index contributed by atoms with van der Waals surface area (Å²) >= 11 is 0. The van der Waals surface area contributed by atoms with Crippen LogP contribution in [-0.2, 0) is 9.63 Å². The molecule has 1 atom stereocenters. The number of hydrogen-bond acceptors (Lipinski definition) is 3. The highest BCUT2D eigenvalue weighted by Gasteiger charge is 2.50. The predicted molar refractivity (Wildman–Crippen MR) is 57.7 cm³/mol. The molecule has 1 aliphatic rings. The second-order valence-corrected chi connectivity index (χ2v) is 3.48. The second-order valence-electron chi connectivity index (χ2n) is 3.48. The Hall–Kier alpha value is -1.97. The zero-order valence-corrected chi connectivity index (χ0v) is 8.52. The Bertz CT molecular complexity index is 455. The lowest BCUT2D eigenvalue weighted by atomic mass is 9.91. The van der Waals surface area contributed by atoms with Gasteiger partial charge in [-0.05, 0) is 0 Å². The summed E-state index contributed by atoms with van der Waals surface area (Å²) in [6.07, 6.45) is 1.20. The van der Waals surface area contributed by atoms with E-state index in [0.717, 1.165) is 0 Å². The normalized spacial score (nSPS) is 23.8. The molecule has 0 bridgehead atoms. The summed E-state index contributed by atoms with van der Waals surface area (Å²) in [4.78, 5) is 15.7. The van der Waals surface area contributed by atoms with Gasteiger partial charge in [0.1, 0.15) is 5.71 Å². The molecule has 1 aromatic rings. The first kappa shape index (κ1) is 10.5. The summed E-state index contributed by atoms with van der Waals surface area (Å²) in [6.45, 7) is 3.43. The first-order valence-corrected chi connectivity index (χ1v) is 4.83. The van der Waals surface area contributed by atoms with Crippen LogP contribution in [0.25, 0.3) is 0 Å². The van der Waals surface area contributed by atoms with E-state index in [2.05, 4.69) is 16.6 Å². The molecule has 1 aromatic carbocycles. The Labute approximate surface area is 92.2 Å². The summed E-state index contributed by atoms with van der Waals surface area (Å²) in [5.74, 6) is -0.980. The Kier molecular flexibility index (Phi) is 2.56. The van der Waals surface area contributed by atoms with Gasteiger partial charge in [-0.25, -0.2) is 9.18 Å². The highest BCUT2D eigenvalue weighted by atomic mass is 19.1. The molecule has 82 valence electrons. The minimum atomic E-state index is -2.21. The van der Waals surface area contributed by atoms with Crippen LogP contribution in [0.15, 0.2) is 48.1 Å². The van der Waals surface area contributed by atoms with Gasteiger partial charge in [-0.15, -0.1) is 6.58 Å². The molecule has 2 rings (SSSR count). The molecule has 1 heterocycles. The third kappa shape index (κ3) is 1.52. The van der Waals surface area contributed by atoms with Gasteiger partial charge in [-0.2, -0.15) is 0 Å². The summed E-state index contributed by atoms with van der Waals surface area (Å²) in [5.41, 5.74) is -1.65. The topological polar surface area (TPSA) is 38.7 Å². The molecule has 0 radical (unpaired) electrons. The smallest absolute Gasteiger partial charge is 0.314 e. The van der Waals surface area contributed by atoms with Crippen molar-refractivity contribution in [2.24, 2.45) is 5.16 Å². The van der Waals surface area contributed by atoms with Crippen LogP contribution in [0.2, 0.25) is 0 Å². The number of carbonyl (C=O) groups excluding carboxylic acids is 1. The highest BCUT2D eigenvalue weighted by Crippen LogP contribution is 2.30. The van der Waals surface area contributed by atoms with Gasteiger partial charge in [0.2, 0.25) is 0 Å². The minimum Gasteiger partial charge on any atom is -0.314 e. The maximum Gasteiger partial charge on any atom is 0.378 e. The molecule has 0 fully saturated rings. The van der Waals surface area contributed by atoms with E-state index in [1.807, 2.05) is 0 Å². The lowest BCUT2D eigenvalue weighted by Crippen LogP contribution is -2.38. The van der Waals surface area contributed by atoms with E-state index in [0.29, 0.717) is 5.56 Å². The molecule has 0 aromatic heterocycles. The first-order chi connectivity index (χ1) is 7.68. The van der Waals surface area contributed by atoms with Crippen LogP contribution >= 0.6 is 0 Å². The van der Waals surface area contributed by atoms with E-state index < -0.39 is 11.6 Å². The molecule has 1 aliphatic heterocycles. The largest absolute Gasteiger partial charge is 0.378 e. The van der Waals surface area contributed by atoms with Crippen molar-refractivity contribution >= 4 is 11.7 Å². The molecule has 0 N–H and O–H groups in total. The lowest BCUT2D eigenvalue weighted by molar-refractivity contribution is -0.149. The molecular weight excluding hydrogens is 209 g/mol. The number of allylic oxidation sites excluding steroid dienone is 1. The average molecular weight is 219 g/mol. The Morgan fingerprint density at radius 3 is 2.75 bits per heavy atom. The monoisotopic (exact) mass is 219 g/mol. The highest BCUT2D eigenvalue weighted by molar-refractivity contribution is 6.20. The number of alkyl halides is 1. The van der Waals surface area contributed by atoms with Crippen LogP contribution in [0.3, 0.4) is 0 Å². The number of halogens is 1. The molecular formula is C12H10FNO2. The van der Waals surface area contributed by atoms with E-state index in [-0.39, 0.29) is 12.1 Å². The number of rotatable bonds is 3. The zero-order valence-electron chi connectivity index (χ0n) is 8.52. The van der Waals surface area contributed by atoms with Crippen molar-refractivity contribution in [3.8, 4) is 0 Å². The van der Waals surface area contributed by atoms with Crippen LogP contribution in [0.5, 0.6) is 0 Å². The molecule has 0 aliphatic carbocycles. The van der Waals surface area contributed by atoms with Gasteiger partial charge in [0.15, 0.2) is 0 Å². The van der Waals surface area contributed by atoms with Crippen molar-refractivity contribution in [2.75, 3.05) is 0 Å². The number of oxime groups is 1. The van der Waals surface area contributed by atoms with Gasteiger partial charge in [0.05, 0.1) is 0 Å². The van der Waals surface area contributed by atoms with Crippen LogP contribution in [-0.4, -0.2) is 17.3 Å². The second kappa shape index (κ2) is 3.89. The number of carbonyl (C=O) groups is 1. The van der Waals surface area contributed by atoms with E-state index >= 15 is 0 Å². The maximum absolute atomic E-state index is 14.4. The molecule has 0 saturated heterocycles. The Morgan fingerprint density at radius 1 is 1.44 bits per heavy atom. The molecule has 0 saturated carbocycles. The summed E-state index contributed by atoms with van der Waals surface area (Å²) < 4.78 is 14.4. The SMILES string of the molecule is C=CC[C@]1(F)C(=O)ON=C1c1ccccc1. The molecule has 4 heteroatoms. The maximum atomic E-state index is 14.4. The van der Waals surface area contributed by atoms with Crippen molar-refractivity contribution in [2.45, 2.75) is 12.1 Å². The summed E-state index contributed by atoms with van der Waals surface area (Å²) in [7, 11) is 0. The van der Waals surface area contributed by atoms with Crippen molar-refractivity contribution in [1.82, 2.24) is 0 Å². The van der Waals surface area contributed by atoms with Crippen LogP contribution in [0.1, 0.15) is 12.0 Å². The first-order valence-electron chi connectivity index (χ1n) is 4.83.